The highest BCUT2D eigenvalue weighted by molar-refractivity contribution is 6.30. The number of hydrogen-bond donors (Lipinski definition) is 1. The molecule has 0 atom stereocenters. The van der Waals surface area contributed by atoms with E-state index in [1.165, 1.54) is 22.9 Å². The summed E-state index contributed by atoms with van der Waals surface area (Å²) in [6, 6.07) is 11.5. The fourth-order valence-electron chi connectivity index (χ4n) is 4.66. The molecule has 0 spiro atoms. The van der Waals surface area contributed by atoms with E-state index in [0.29, 0.717) is 47.6 Å². The molecule has 0 bridgehead atoms. The lowest BCUT2D eigenvalue weighted by molar-refractivity contribution is 0.102. The minimum atomic E-state index is -0.404. The van der Waals surface area contributed by atoms with Crippen LogP contribution in [0.25, 0.3) is 5.65 Å². The molecular weight excluding hydrogens is 454 g/mol. The van der Waals surface area contributed by atoms with Crippen molar-refractivity contribution in [1.82, 2.24) is 24.1 Å². The topological polar surface area (TPSA) is 118 Å². The van der Waals surface area contributed by atoms with Crippen molar-refractivity contribution in [2.75, 3.05) is 5.32 Å². The van der Waals surface area contributed by atoms with E-state index in [2.05, 4.69) is 26.6 Å². The van der Waals surface area contributed by atoms with E-state index >= 15 is 0 Å². The second kappa shape index (κ2) is 8.39. The number of hydrogen-bond acceptors (Lipinski definition) is 6. The van der Waals surface area contributed by atoms with Gasteiger partial charge in [0.1, 0.15) is 17.3 Å². The van der Waals surface area contributed by atoms with E-state index in [1.54, 1.807) is 12.4 Å². The highest BCUT2D eigenvalue weighted by atomic mass is 35.5. The third kappa shape index (κ3) is 3.72. The van der Waals surface area contributed by atoms with Gasteiger partial charge >= 0.3 is 0 Å². The molecule has 10 heteroatoms. The Bertz CT molecular complexity index is 1460. The predicted molar refractivity (Wildman–Crippen MR) is 125 cm³/mol. The Balaban J connectivity index is 1.46. The number of rotatable bonds is 6. The molecule has 1 fully saturated rings. The molecule has 1 aromatic carbocycles. The smallest absolute Gasteiger partial charge is 0.259 e. The van der Waals surface area contributed by atoms with Gasteiger partial charge in [-0.3, -0.25) is 14.0 Å². The van der Waals surface area contributed by atoms with Gasteiger partial charge in [-0.25, -0.2) is 4.98 Å². The maximum absolute atomic E-state index is 13.2. The van der Waals surface area contributed by atoms with Gasteiger partial charge < -0.3 is 9.88 Å². The van der Waals surface area contributed by atoms with Crippen LogP contribution in [0.2, 0.25) is 5.15 Å². The van der Waals surface area contributed by atoms with Crippen molar-refractivity contribution >= 4 is 35.1 Å². The first-order chi connectivity index (χ1) is 16.4. The van der Waals surface area contributed by atoms with Gasteiger partial charge in [-0.2, -0.15) is 5.26 Å². The summed E-state index contributed by atoms with van der Waals surface area (Å²) >= 11 is 6.14. The van der Waals surface area contributed by atoms with Crippen LogP contribution in [0.4, 0.5) is 5.69 Å². The lowest BCUT2D eigenvalue weighted by atomic mass is 9.57. The average Bonchev–Trinajstić information content (AvgIpc) is 3.40. The molecule has 1 saturated carbocycles. The van der Waals surface area contributed by atoms with E-state index in [4.69, 9.17) is 11.6 Å². The van der Waals surface area contributed by atoms with Crippen LogP contribution < -0.4 is 5.32 Å². The van der Waals surface area contributed by atoms with Gasteiger partial charge in [0, 0.05) is 42.2 Å². The van der Waals surface area contributed by atoms with Crippen molar-refractivity contribution in [2.45, 2.75) is 24.7 Å². The molecule has 0 radical (unpaired) electrons. The molecule has 3 heterocycles. The standard InChI is InChI=1S/C24H20ClN7O2/c1-31-14-28-30-21(31)9-24(7-16(8-24)10-26)17-3-2-4-18(6-17)29-23(34)19-5-15(13-33)12-32-20(25)11-27-22(19)32/h2-6,11-14,16H,7-9H2,1H3,(H,29,34). The monoisotopic (exact) mass is 473 g/mol. The molecule has 5 rings (SSSR count). The largest absolute Gasteiger partial charge is 0.322 e. The number of halogens is 1. The number of anilines is 1. The highest BCUT2D eigenvalue weighted by Crippen LogP contribution is 2.50. The minimum Gasteiger partial charge on any atom is -0.322 e. The molecule has 4 aromatic rings. The predicted octanol–water partition coefficient (Wildman–Crippen LogP) is 3.60. The van der Waals surface area contributed by atoms with Crippen molar-refractivity contribution < 1.29 is 9.59 Å². The summed E-state index contributed by atoms with van der Waals surface area (Å²) in [5.41, 5.74) is 2.28. The molecule has 9 nitrogen and oxygen atoms in total. The van der Waals surface area contributed by atoms with Crippen LogP contribution in [0.3, 0.4) is 0 Å². The number of aldehydes is 1. The van der Waals surface area contributed by atoms with Gasteiger partial charge in [-0.1, -0.05) is 23.7 Å². The summed E-state index contributed by atoms with van der Waals surface area (Å²) in [5, 5.41) is 20.8. The van der Waals surface area contributed by atoms with Crippen LogP contribution in [0.1, 0.15) is 44.9 Å². The Labute approximate surface area is 200 Å². The fourth-order valence-corrected chi connectivity index (χ4v) is 4.84. The van der Waals surface area contributed by atoms with Crippen LogP contribution in [0.15, 0.2) is 49.1 Å². The lowest BCUT2D eigenvalue weighted by Crippen LogP contribution is -2.43. The zero-order valence-corrected chi connectivity index (χ0v) is 19.0. The van der Waals surface area contributed by atoms with Gasteiger partial charge in [-0.15, -0.1) is 10.2 Å². The number of pyridine rings is 1. The zero-order chi connectivity index (χ0) is 23.9. The van der Waals surface area contributed by atoms with E-state index in [9.17, 15) is 14.9 Å². The van der Waals surface area contributed by atoms with E-state index < -0.39 is 5.91 Å². The third-order valence-corrected chi connectivity index (χ3v) is 6.73. The Morgan fingerprint density at radius 1 is 1.38 bits per heavy atom. The molecule has 1 aliphatic carbocycles. The summed E-state index contributed by atoms with van der Waals surface area (Å²) in [6.45, 7) is 0. The van der Waals surface area contributed by atoms with Crippen LogP contribution in [-0.2, 0) is 18.9 Å². The summed E-state index contributed by atoms with van der Waals surface area (Å²) in [6.07, 6.45) is 7.36. The number of fused-ring (bicyclic) bond motifs is 1. The van der Waals surface area contributed by atoms with Crippen molar-refractivity contribution in [3.63, 3.8) is 0 Å². The molecule has 0 aliphatic heterocycles. The number of nitriles is 1. The Kier molecular flexibility index (Phi) is 5.38. The second-order valence-electron chi connectivity index (χ2n) is 8.66. The number of carbonyl (C=O) groups excluding carboxylic acids is 2. The number of amides is 1. The first kappa shape index (κ1) is 21.8. The summed E-state index contributed by atoms with van der Waals surface area (Å²) in [4.78, 5) is 28.7. The number of aryl methyl sites for hydroxylation is 1. The van der Waals surface area contributed by atoms with E-state index in [0.717, 1.165) is 11.4 Å². The number of aromatic nitrogens is 5. The number of imidazole rings is 1. The van der Waals surface area contributed by atoms with Crippen molar-refractivity contribution in [2.24, 2.45) is 13.0 Å². The summed E-state index contributed by atoms with van der Waals surface area (Å²) < 4.78 is 3.39. The average molecular weight is 474 g/mol. The first-order valence-electron chi connectivity index (χ1n) is 10.7. The van der Waals surface area contributed by atoms with Gasteiger partial charge in [0.2, 0.25) is 0 Å². The van der Waals surface area contributed by atoms with Crippen LogP contribution >= 0.6 is 11.6 Å². The van der Waals surface area contributed by atoms with Crippen molar-refractivity contribution in [3.05, 3.63) is 76.7 Å². The number of nitrogens with one attached hydrogen (secondary N) is 1. The second-order valence-corrected chi connectivity index (χ2v) is 9.05. The molecule has 170 valence electrons. The Hall–Kier alpha value is -4.03. The fraction of sp³-hybridized carbons (Fsp3) is 0.250. The SMILES string of the molecule is Cn1cnnc1CC1(c2cccc(NC(=O)c3cc(C=O)cn4c(Cl)cnc34)c2)CC(C#N)C1. The van der Waals surface area contributed by atoms with Crippen molar-refractivity contribution in [3.8, 4) is 6.07 Å². The van der Waals surface area contributed by atoms with Crippen molar-refractivity contribution in [1.29, 1.82) is 5.26 Å². The van der Waals surface area contributed by atoms with Crippen LogP contribution in [0, 0.1) is 17.2 Å². The van der Waals surface area contributed by atoms with Gasteiger partial charge in [-0.05, 0) is 36.6 Å². The zero-order valence-electron chi connectivity index (χ0n) is 18.3. The number of nitrogens with zero attached hydrogens (tertiary/aromatic N) is 6. The summed E-state index contributed by atoms with van der Waals surface area (Å²) in [5.74, 6) is 0.421. The maximum atomic E-state index is 13.2. The van der Waals surface area contributed by atoms with Gasteiger partial charge in [0.25, 0.3) is 5.91 Å². The van der Waals surface area contributed by atoms with Crippen LogP contribution in [0.5, 0.6) is 0 Å². The van der Waals surface area contributed by atoms with Crippen LogP contribution in [-0.4, -0.2) is 36.3 Å². The minimum absolute atomic E-state index is 0.0176. The summed E-state index contributed by atoms with van der Waals surface area (Å²) in [7, 11) is 1.90. The van der Waals surface area contributed by atoms with Gasteiger partial charge in [0.15, 0.2) is 11.9 Å². The molecule has 1 N–H and O–H groups in total. The molecule has 1 aliphatic rings. The first-order valence-corrected chi connectivity index (χ1v) is 11.1. The normalized spacial score (nSPS) is 19.4. The molecule has 0 saturated heterocycles. The highest BCUT2D eigenvalue weighted by Gasteiger charge is 2.46. The molecule has 3 aromatic heterocycles. The maximum Gasteiger partial charge on any atom is 0.259 e. The van der Waals surface area contributed by atoms with E-state index in [-0.39, 0.29) is 16.9 Å². The molecule has 0 unspecified atom stereocenters. The Morgan fingerprint density at radius 2 is 2.21 bits per heavy atom. The molecule has 34 heavy (non-hydrogen) atoms. The number of benzene rings is 1. The van der Waals surface area contributed by atoms with Gasteiger partial charge in [0.05, 0.1) is 17.8 Å². The molecular formula is C24H20ClN7O2. The number of carbonyl (C=O) groups is 2. The quantitative estimate of drug-likeness (QED) is 0.427. The molecule has 1 amide bonds. The Morgan fingerprint density at radius 3 is 2.91 bits per heavy atom. The van der Waals surface area contributed by atoms with E-state index in [1.807, 2.05) is 29.8 Å². The lowest BCUT2D eigenvalue weighted by Gasteiger charge is -2.45. The third-order valence-electron chi connectivity index (χ3n) is 6.45.